The summed E-state index contributed by atoms with van der Waals surface area (Å²) >= 11 is 0. The number of hydrogen-bond acceptors (Lipinski definition) is 4. The van der Waals surface area contributed by atoms with Gasteiger partial charge in [0.05, 0.1) is 19.9 Å². The van der Waals surface area contributed by atoms with Crippen LogP contribution in [0.1, 0.15) is 45.1 Å². The molecule has 1 aromatic rings. The van der Waals surface area contributed by atoms with Crippen molar-refractivity contribution in [1.29, 1.82) is 0 Å². The molecule has 0 aliphatic heterocycles. The summed E-state index contributed by atoms with van der Waals surface area (Å²) in [5.74, 6) is 1.29. The van der Waals surface area contributed by atoms with Gasteiger partial charge in [0.15, 0.2) is 11.5 Å². The summed E-state index contributed by atoms with van der Waals surface area (Å²) in [5.41, 5.74) is 3.36. The standard InChI is InChI=1S/C16H24N2O3/c1-4-6-7-8-16(19)18-17-12-13-9-10-14(21-5-2)15(11-13)20-3/h9-12H,4-8H2,1-3H3,(H,18,19). The van der Waals surface area contributed by atoms with Crippen molar-refractivity contribution in [2.75, 3.05) is 13.7 Å². The fourth-order valence-corrected chi connectivity index (χ4v) is 1.81. The number of unbranched alkanes of at least 4 members (excludes halogenated alkanes) is 2. The lowest BCUT2D eigenvalue weighted by molar-refractivity contribution is -0.121. The van der Waals surface area contributed by atoms with E-state index in [0.29, 0.717) is 24.5 Å². The Kier molecular flexibility index (Phi) is 7.94. The Bertz CT molecular complexity index is 473. The third-order valence-corrected chi connectivity index (χ3v) is 2.90. The zero-order chi connectivity index (χ0) is 15.5. The number of hydrazone groups is 1. The zero-order valence-electron chi connectivity index (χ0n) is 13.0. The Hall–Kier alpha value is -2.04. The monoisotopic (exact) mass is 292 g/mol. The van der Waals surface area contributed by atoms with Crippen molar-refractivity contribution < 1.29 is 14.3 Å². The van der Waals surface area contributed by atoms with E-state index in [1.807, 2.05) is 25.1 Å². The molecule has 0 saturated carbocycles. The van der Waals surface area contributed by atoms with Crippen LogP contribution in [0.25, 0.3) is 0 Å². The van der Waals surface area contributed by atoms with E-state index < -0.39 is 0 Å². The number of rotatable bonds is 9. The predicted octanol–water partition coefficient (Wildman–Crippen LogP) is 3.12. The number of carbonyl (C=O) groups excluding carboxylic acids is 1. The lowest BCUT2D eigenvalue weighted by atomic mass is 10.2. The first-order valence-electron chi connectivity index (χ1n) is 7.34. The molecular weight excluding hydrogens is 268 g/mol. The smallest absolute Gasteiger partial charge is 0.240 e. The van der Waals surface area contributed by atoms with E-state index in [1.54, 1.807) is 13.3 Å². The van der Waals surface area contributed by atoms with Crippen molar-refractivity contribution in [3.8, 4) is 11.5 Å². The molecule has 0 unspecified atom stereocenters. The molecule has 0 heterocycles. The molecule has 5 nitrogen and oxygen atoms in total. The van der Waals surface area contributed by atoms with Crippen molar-refractivity contribution in [3.63, 3.8) is 0 Å². The normalized spacial score (nSPS) is 10.6. The van der Waals surface area contributed by atoms with Crippen molar-refractivity contribution in [2.24, 2.45) is 5.10 Å². The van der Waals surface area contributed by atoms with Crippen LogP contribution in [0.5, 0.6) is 11.5 Å². The molecule has 0 aliphatic carbocycles. The highest BCUT2D eigenvalue weighted by Crippen LogP contribution is 2.27. The van der Waals surface area contributed by atoms with Crippen LogP contribution < -0.4 is 14.9 Å². The molecule has 21 heavy (non-hydrogen) atoms. The van der Waals surface area contributed by atoms with Crippen LogP contribution in [-0.4, -0.2) is 25.8 Å². The summed E-state index contributed by atoms with van der Waals surface area (Å²) < 4.78 is 10.7. The number of ether oxygens (including phenoxy) is 2. The number of nitrogens with zero attached hydrogens (tertiary/aromatic N) is 1. The predicted molar refractivity (Wildman–Crippen MR) is 84.0 cm³/mol. The SMILES string of the molecule is CCCCCC(=O)NN=Cc1ccc(OCC)c(OC)c1. The molecule has 0 atom stereocenters. The number of benzene rings is 1. The lowest BCUT2D eigenvalue weighted by Crippen LogP contribution is -2.16. The van der Waals surface area contributed by atoms with Crippen LogP contribution in [0.4, 0.5) is 0 Å². The highest BCUT2D eigenvalue weighted by Gasteiger charge is 2.04. The molecule has 116 valence electrons. The number of methoxy groups -OCH3 is 1. The summed E-state index contributed by atoms with van der Waals surface area (Å²) in [4.78, 5) is 11.5. The van der Waals surface area contributed by atoms with Crippen LogP contribution in [0, 0.1) is 0 Å². The first-order valence-corrected chi connectivity index (χ1v) is 7.34. The van der Waals surface area contributed by atoms with E-state index in [4.69, 9.17) is 9.47 Å². The fourth-order valence-electron chi connectivity index (χ4n) is 1.81. The van der Waals surface area contributed by atoms with Gasteiger partial charge in [-0.3, -0.25) is 4.79 Å². The molecule has 0 aromatic heterocycles. The summed E-state index contributed by atoms with van der Waals surface area (Å²) in [5, 5.41) is 3.95. The molecule has 0 spiro atoms. The van der Waals surface area contributed by atoms with Gasteiger partial charge >= 0.3 is 0 Å². The highest BCUT2D eigenvalue weighted by atomic mass is 16.5. The van der Waals surface area contributed by atoms with E-state index in [0.717, 1.165) is 24.8 Å². The molecule has 5 heteroatoms. The van der Waals surface area contributed by atoms with Crippen molar-refractivity contribution in [1.82, 2.24) is 5.43 Å². The molecule has 0 aliphatic rings. The van der Waals surface area contributed by atoms with E-state index in [9.17, 15) is 4.79 Å². The number of nitrogens with one attached hydrogen (secondary N) is 1. The van der Waals surface area contributed by atoms with Gasteiger partial charge in [-0.2, -0.15) is 5.10 Å². The van der Waals surface area contributed by atoms with E-state index in [-0.39, 0.29) is 5.91 Å². The van der Waals surface area contributed by atoms with Gasteiger partial charge in [-0.1, -0.05) is 19.8 Å². The van der Waals surface area contributed by atoms with E-state index in [2.05, 4.69) is 17.5 Å². The van der Waals surface area contributed by atoms with Crippen LogP contribution in [0.3, 0.4) is 0 Å². The van der Waals surface area contributed by atoms with Gasteiger partial charge in [0.1, 0.15) is 0 Å². The lowest BCUT2D eigenvalue weighted by Gasteiger charge is -2.09. The molecule has 0 fully saturated rings. The maximum absolute atomic E-state index is 11.5. The molecule has 1 rings (SSSR count). The maximum Gasteiger partial charge on any atom is 0.240 e. The Morgan fingerprint density at radius 2 is 2.10 bits per heavy atom. The average molecular weight is 292 g/mol. The van der Waals surface area contributed by atoms with Gasteiger partial charge in [0.2, 0.25) is 5.91 Å². The molecule has 1 amide bonds. The molecule has 1 N–H and O–H groups in total. The van der Waals surface area contributed by atoms with Crippen LogP contribution >= 0.6 is 0 Å². The third-order valence-electron chi connectivity index (χ3n) is 2.90. The number of hydrogen-bond donors (Lipinski definition) is 1. The molecule has 1 aromatic carbocycles. The summed E-state index contributed by atoms with van der Waals surface area (Å²) in [6.07, 6.45) is 5.16. The minimum Gasteiger partial charge on any atom is -0.493 e. The second-order valence-corrected chi connectivity index (χ2v) is 4.59. The average Bonchev–Trinajstić information content (AvgIpc) is 2.49. The summed E-state index contributed by atoms with van der Waals surface area (Å²) in [6.45, 7) is 4.61. The van der Waals surface area contributed by atoms with Crippen molar-refractivity contribution >= 4 is 12.1 Å². The zero-order valence-corrected chi connectivity index (χ0v) is 13.0. The molecule has 0 radical (unpaired) electrons. The Labute approximate surface area is 126 Å². The second-order valence-electron chi connectivity index (χ2n) is 4.59. The molecular formula is C16H24N2O3. The Morgan fingerprint density at radius 3 is 2.76 bits per heavy atom. The fraction of sp³-hybridized carbons (Fsp3) is 0.500. The van der Waals surface area contributed by atoms with E-state index >= 15 is 0 Å². The van der Waals surface area contributed by atoms with Gasteiger partial charge in [0.25, 0.3) is 0 Å². The summed E-state index contributed by atoms with van der Waals surface area (Å²) in [6, 6.07) is 5.50. The molecule has 0 bridgehead atoms. The summed E-state index contributed by atoms with van der Waals surface area (Å²) in [7, 11) is 1.59. The van der Waals surface area contributed by atoms with Crippen LogP contribution in [-0.2, 0) is 4.79 Å². The number of amides is 1. The van der Waals surface area contributed by atoms with Crippen LogP contribution in [0.15, 0.2) is 23.3 Å². The van der Waals surface area contributed by atoms with Gasteiger partial charge in [-0.15, -0.1) is 0 Å². The molecule has 0 saturated heterocycles. The minimum absolute atomic E-state index is 0.0578. The maximum atomic E-state index is 11.5. The van der Waals surface area contributed by atoms with Gasteiger partial charge in [-0.25, -0.2) is 5.43 Å². The van der Waals surface area contributed by atoms with Gasteiger partial charge in [0, 0.05) is 6.42 Å². The van der Waals surface area contributed by atoms with Crippen molar-refractivity contribution in [2.45, 2.75) is 39.5 Å². The van der Waals surface area contributed by atoms with Gasteiger partial charge in [-0.05, 0) is 37.1 Å². The largest absolute Gasteiger partial charge is 0.493 e. The van der Waals surface area contributed by atoms with E-state index in [1.165, 1.54) is 0 Å². The highest BCUT2D eigenvalue weighted by molar-refractivity contribution is 5.83. The topological polar surface area (TPSA) is 59.9 Å². The third kappa shape index (κ3) is 6.29. The second kappa shape index (κ2) is 9.80. The quantitative estimate of drug-likeness (QED) is 0.432. The Morgan fingerprint density at radius 1 is 1.29 bits per heavy atom. The van der Waals surface area contributed by atoms with Crippen molar-refractivity contribution in [3.05, 3.63) is 23.8 Å². The van der Waals surface area contributed by atoms with Crippen LogP contribution in [0.2, 0.25) is 0 Å². The minimum atomic E-state index is -0.0578. The first-order chi connectivity index (χ1) is 10.2. The van der Waals surface area contributed by atoms with Gasteiger partial charge < -0.3 is 9.47 Å². The number of carbonyl (C=O) groups is 1. The Balaban J connectivity index is 2.54. The first kappa shape index (κ1) is 17.0.